The minimum absolute atomic E-state index is 0.0281. The lowest BCUT2D eigenvalue weighted by Gasteiger charge is -2.32. The molecule has 1 aliphatic heterocycles. The van der Waals surface area contributed by atoms with Crippen molar-refractivity contribution in [2.75, 3.05) is 26.2 Å². The number of nitrogens with zero attached hydrogens (tertiary/aromatic N) is 3. The number of nitrogens with two attached hydrogens (primary N) is 1. The summed E-state index contributed by atoms with van der Waals surface area (Å²) in [7, 11) is 0. The molecule has 0 spiro atoms. The van der Waals surface area contributed by atoms with Crippen LogP contribution in [0.5, 0.6) is 0 Å². The second kappa shape index (κ2) is 8.37. The Kier molecular flexibility index (Phi) is 5.50. The second-order valence-electron chi connectivity index (χ2n) is 6.99. The highest BCUT2D eigenvalue weighted by Gasteiger charge is 2.24. The average Bonchev–Trinajstić information content (AvgIpc) is 3.27. The van der Waals surface area contributed by atoms with Crippen molar-refractivity contribution in [3.8, 4) is 11.1 Å². The highest BCUT2D eigenvalue weighted by molar-refractivity contribution is 5.95. The first-order valence-corrected chi connectivity index (χ1v) is 9.49. The maximum atomic E-state index is 12.9. The van der Waals surface area contributed by atoms with Crippen LogP contribution < -0.4 is 5.73 Å². The van der Waals surface area contributed by atoms with E-state index >= 15 is 0 Å². The van der Waals surface area contributed by atoms with E-state index in [1.807, 2.05) is 46.3 Å². The van der Waals surface area contributed by atoms with Crippen molar-refractivity contribution in [3.63, 3.8) is 0 Å². The fraction of sp³-hybridized carbons (Fsp3) is 0.273. The van der Waals surface area contributed by atoms with Gasteiger partial charge in [-0.1, -0.05) is 36.4 Å². The predicted octanol–water partition coefficient (Wildman–Crippen LogP) is 2.40. The van der Waals surface area contributed by atoms with Crippen LogP contribution in [0.2, 0.25) is 0 Å². The summed E-state index contributed by atoms with van der Waals surface area (Å²) in [5.74, 6) is 0.0281. The van der Waals surface area contributed by atoms with Gasteiger partial charge in [0.05, 0.1) is 19.0 Å². The van der Waals surface area contributed by atoms with Gasteiger partial charge < -0.3 is 19.9 Å². The molecule has 1 amide bonds. The van der Waals surface area contributed by atoms with Crippen molar-refractivity contribution in [2.45, 2.75) is 12.6 Å². The molecule has 4 rings (SSSR count). The fourth-order valence-electron chi connectivity index (χ4n) is 3.45. The number of amides is 1. The second-order valence-corrected chi connectivity index (χ2v) is 6.99. The van der Waals surface area contributed by atoms with E-state index in [9.17, 15) is 4.79 Å². The van der Waals surface area contributed by atoms with E-state index < -0.39 is 0 Å². The number of benzene rings is 2. The molecule has 1 fully saturated rings. The zero-order valence-electron chi connectivity index (χ0n) is 15.7. The third-order valence-corrected chi connectivity index (χ3v) is 5.01. The zero-order valence-corrected chi connectivity index (χ0v) is 15.7. The summed E-state index contributed by atoms with van der Waals surface area (Å²) >= 11 is 0. The molecular formula is C22H24N4O2. The molecule has 2 aromatic carbocycles. The molecule has 1 atom stereocenters. The van der Waals surface area contributed by atoms with Gasteiger partial charge in [0, 0.05) is 44.1 Å². The van der Waals surface area contributed by atoms with Gasteiger partial charge in [-0.15, -0.1) is 0 Å². The highest BCUT2D eigenvalue weighted by atomic mass is 16.5. The van der Waals surface area contributed by atoms with E-state index in [0.29, 0.717) is 31.8 Å². The van der Waals surface area contributed by atoms with Gasteiger partial charge in [0.25, 0.3) is 5.91 Å². The van der Waals surface area contributed by atoms with Crippen molar-refractivity contribution in [1.82, 2.24) is 14.5 Å². The monoisotopic (exact) mass is 376 g/mol. The Hall–Kier alpha value is -2.96. The summed E-state index contributed by atoms with van der Waals surface area (Å²) < 4.78 is 7.59. The van der Waals surface area contributed by atoms with Gasteiger partial charge in [-0.2, -0.15) is 0 Å². The minimum atomic E-state index is -0.0797. The molecule has 1 unspecified atom stereocenters. The summed E-state index contributed by atoms with van der Waals surface area (Å²) in [6.07, 6.45) is 5.46. The number of carbonyl (C=O) groups excluding carboxylic acids is 1. The Balaban J connectivity index is 1.49. The number of imidazole rings is 1. The number of aromatic nitrogens is 2. The van der Waals surface area contributed by atoms with Crippen LogP contribution in [0, 0.1) is 0 Å². The summed E-state index contributed by atoms with van der Waals surface area (Å²) in [5.41, 5.74) is 9.71. The van der Waals surface area contributed by atoms with Crippen LogP contribution >= 0.6 is 0 Å². The zero-order chi connectivity index (χ0) is 19.3. The number of rotatable bonds is 5. The van der Waals surface area contributed by atoms with Crippen molar-refractivity contribution >= 4 is 5.91 Å². The summed E-state index contributed by atoms with van der Waals surface area (Å²) in [4.78, 5) is 18.8. The number of morpholine rings is 1. The third-order valence-electron chi connectivity index (χ3n) is 5.01. The molecular weight excluding hydrogens is 352 g/mol. The summed E-state index contributed by atoms with van der Waals surface area (Å²) in [6, 6.07) is 16.2. The first-order chi connectivity index (χ1) is 13.7. The van der Waals surface area contributed by atoms with Crippen molar-refractivity contribution in [3.05, 3.63) is 78.4 Å². The van der Waals surface area contributed by atoms with E-state index in [4.69, 9.17) is 10.5 Å². The number of hydrogen-bond acceptors (Lipinski definition) is 4. The molecule has 6 heteroatoms. The average molecular weight is 376 g/mol. The molecule has 0 bridgehead atoms. The third kappa shape index (κ3) is 4.13. The van der Waals surface area contributed by atoms with Gasteiger partial charge in [-0.05, 0) is 28.8 Å². The van der Waals surface area contributed by atoms with Crippen molar-refractivity contribution in [2.24, 2.45) is 5.73 Å². The van der Waals surface area contributed by atoms with Gasteiger partial charge in [0.1, 0.15) is 0 Å². The van der Waals surface area contributed by atoms with Crippen LogP contribution in [0.25, 0.3) is 11.1 Å². The topological polar surface area (TPSA) is 73.4 Å². The fourth-order valence-corrected chi connectivity index (χ4v) is 3.45. The van der Waals surface area contributed by atoms with Crippen LogP contribution in [0.3, 0.4) is 0 Å². The van der Waals surface area contributed by atoms with Crippen LogP contribution in [0.1, 0.15) is 15.9 Å². The highest BCUT2D eigenvalue weighted by Crippen LogP contribution is 2.22. The van der Waals surface area contributed by atoms with Gasteiger partial charge in [0.2, 0.25) is 0 Å². The summed E-state index contributed by atoms with van der Waals surface area (Å²) in [6.45, 7) is 2.89. The van der Waals surface area contributed by atoms with Gasteiger partial charge in [-0.3, -0.25) is 4.79 Å². The van der Waals surface area contributed by atoms with Gasteiger partial charge in [-0.25, -0.2) is 4.98 Å². The minimum Gasteiger partial charge on any atom is -0.373 e. The SMILES string of the molecule is NCC1CN(C(=O)c2cccc(-c3ccc(Cn4ccnc4)cc3)c2)CCO1. The molecule has 1 saturated heterocycles. The van der Waals surface area contributed by atoms with E-state index in [1.165, 1.54) is 5.56 Å². The largest absolute Gasteiger partial charge is 0.373 e. The van der Waals surface area contributed by atoms with Crippen LogP contribution in [0.4, 0.5) is 0 Å². The van der Waals surface area contributed by atoms with Crippen LogP contribution in [-0.4, -0.2) is 52.7 Å². The van der Waals surface area contributed by atoms with E-state index in [2.05, 4.69) is 29.2 Å². The Morgan fingerprint density at radius 2 is 2.04 bits per heavy atom. The number of ether oxygens (including phenoxy) is 1. The molecule has 0 radical (unpaired) electrons. The molecule has 6 nitrogen and oxygen atoms in total. The van der Waals surface area contributed by atoms with E-state index in [-0.39, 0.29) is 12.0 Å². The Morgan fingerprint density at radius 3 is 2.79 bits per heavy atom. The first kappa shape index (κ1) is 18.4. The lowest BCUT2D eigenvalue weighted by atomic mass is 10.0. The standard InChI is InChI=1S/C22H24N4O2/c23-13-21-15-26(10-11-28-21)22(27)20-3-1-2-19(12-20)18-6-4-17(5-7-18)14-25-9-8-24-16-25/h1-9,12,16,21H,10-11,13-15,23H2. The summed E-state index contributed by atoms with van der Waals surface area (Å²) in [5, 5.41) is 0. The van der Waals surface area contributed by atoms with Crippen molar-refractivity contribution < 1.29 is 9.53 Å². The molecule has 0 saturated carbocycles. The Bertz CT molecular complexity index is 922. The molecule has 1 aromatic heterocycles. The number of carbonyl (C=O) groups is 1. The smallest absolute Gasteiger partial charge is 0.254 e. The van der Waals surface area contributed by atoms with Gasteiger partial charge >= 0.3 is 0 Å². The van der Waals surface area contributed by atoms with E-state index in [0.717, 1.165) is 17.7 Å². The normalized spacial score (nSPS) is 16.9. The molecule has 144 valence electrons. The van der Waals surface area contributed by atoms with Crippen LogP contribution in [0.15, 0.2) is 67.3 Å². The Labute approximate surface area is 164 Å². The van der Waals surface area contributed by atoms with Gasteiger partial charge in [0.15, 0.2) is 0 Å². The quantitative estimate of drug-likeness (QED) is 0.742. The lowest BCUT2D eigenvalue weighted by Crippen LogP contribution is -2.48. The molecule has 3 aromatic rings. The molecule has 28 heavy (non-hydrogen) atoms. The van der Waals surface area contributed by atoms with Crippen molar-refractivity contribution in [1.29, 1.82) is 0 Å². The van der Waals surface area contributed by atoms with E-state index in [1.54, 1.807) is 6.20 Å². The lowest BCUT2D eigenvalue weighted by molar-refractivity contribution is -0.0167. The number of hydrogen-bond donors (Lipinski definition) is 1. The Morgan fingerprint density at radius 1 is 1.18 bits per heavy atom. The predicted molar refractivity (Wildman–Crippen MR) is 108 cm³/mol. The molecule has 0 aliphatic carbocycles. The maximum absolute atomic E-state index is 12.9. The molecule has 1 aliphatic rings. The molecule has 2 heterocycles. The van der Waals surface area contributed by atoms with Crippen LogP contribution in [-0.2, 0) is 11.3 Å². The molecule has 2 N–H and O–H groups in total. The first-order valence-electron chi connectivity index (χ1n) is 9.49. The maximum Gasteiger partial charge on any atom is 0.254 e.